The standard InChI is InChI=1S/C22H23N3O5S/c26-22(23-14-17(21-2-1-11-31-21)25-5-7-27-8-6-25)16-13-19(30-24-16)15-3-4-18-20(12-15)29-10-9-28-18/h1-4,11-13,17H,5-10,14H2,(H,23,26). The lowest BCUT2D eigenvalue weighted by Crippen LogP contribution is -2.43. The number of ether oxygens (including phenoxy) is 3. The van der Waals surface area contributed by atoms with Gasteiger partial charge in [0.1, 0.15) is 13.2 Å². The average molecular weight is 442 g/mol. The molecular weight excluding hydrogens is 418 g/mol. The van der Waals surface area contributed by atoms with E-state index in [0.717, 1.165) is 18.7 Å². The Kier molecular flexibility index (Phi) is 5.88. The Morgan fingerprint density at radius 2 is 1.94 bits per heavy atom. The third kappa shape index (κ3) is 4.43. The van der Waals surface area contributed by atoms with Crippen LogP contribution < -0.4 is 14.8 Å². The number of carbonyl (C=O) groups excluding carboxylic acids is 1. The van der Waals surface area contributed by atoms with E-state index in [1.165, 1.54) is 4.88 Å². The van der Waals surface area contributed by atoms with Crippen molar-refractivity contribution in [3.63, 3.8) is 0 Å². The zero-order chi connectivity index (χ0) is 21.0. The molecule has 1 unspecified atom stereocenters. The van der Waals surface area contributed by atoms with Gasteiger partial charge in [-0.05, 0) is 29.6 Å². The minimum absolute atomic E-state index is 0.108. The molecule has 0 spiro atoms. The molecule has 1 amide bonds. The largest absolute Gasteiger partial charge is 0.486 e. The molecule has 1 aromatic carbocycles. The van der Waals surface area contributed by atoms with Gasteiger partial charge in [-0.25, -0.2) is 0 Å². The van der Waals surface area contributed by atoms with Crippen LogP contribution in [0.4, 0.5) is 0 Å². The van der Waals surface area contributed by atoms with Crippen LogP contribution in [0.2, 0.25) is 0 Å². The molecular formula is C22H23N3O5S. The number of nitrogens with one attached hydrogen (secondary N) is 1. The molecule has 31 heavy (non-hydrogen) atoms. The highest BCUT2D eigenvalue weighted by Crippen LogP contribution is 2.34. The first-order valence-electron chi connectivity index (χ1n) is 10.3. The van der Waals surface area contributed by atoms with Gasteiger partial charge in [0.25, 0.3) is 5.91 Å². The van der Waals surface area contributed by atoms with Gasteiger partial charge in [-0.15, -0.1) is 11.3 Å². The summed E-state index contributed by atoms with van der Waals surface area (Å²) in [4.78, 5) is 16.3. The van der Waals surface area contributed by atoms with E-state index >= 15 is 0 Å². The van der Waals surface area contributed by atoms with Gasteiger partial charge in [-0.3, -0.25) is 9.69 Å². The number of hydrogen-bond donors (Lipinski definition) is 1. The van der Waals surface area contributed by atoms with Gasteiger partial charge in [0, 0.05) is 36.1 Å². The second kappa shape index (κ2) is 9.09. The van der Waals surface area contributed by atoms with Gasteiger partial charge in [0.2, 0.25) is 0 Å². The zero-order valence-corrected chi connectivity index (χ0v) is 17.7. The molecule has 2 aromatic heterocycles. The third-order valence-corrected chi connectivity index (χ3v) is 6.36. The first-order valence-corrected chi connectivity index (χ1v) is 11.2. The van der Waals surface area contributed by atoms with Crippen molar-refractivity contribution in [1.29, 1.82) is 0 Å². The van der Waals surface area contributed by atoms with Crippen LogP contribution in [0.3, 0.4) is 0 Å². The van der Waals surface area contributed by atoms with Gasteiger partial charge in [-0.1, -0.05) is 11.2 Å². The maximum atomic E-state index is 12.8. The minimum Gasteiger partial charge on any atom is -0.486 e. The van der Waals surface area contributed by atoms with Crippen molar-refractivity contribution in [2.45, 2.75) is 6.04 Å². The second-order valence-corrected chi connectivity index (χ2v) is 8.30. The van der Waals surface area contributed by atoms with Crippen LogP contribution in [-0.2, 0) is 4.74 Å². The quantitative estimate of drug-likeness (QED) is 0.629. The van der Waals surface area contributed by atoms with Gasteiger partial charge >= 0.3 is 0 Å². The summed E-state index contributed by atoms with van der Waals surface area (Å²) in [5.41, 5.74) is 1.03. The van der Waals surface area contributed by atoms with Gasteiger partial charge < -0.3 is 24.1 Å². The average Bonchev–Trinajstić information content (AvgIpc) is 3.52. The number of hydrogen-bond acceptors (Lipinski definition) is 8. The van der Waals surface area contributed by atoms with E-state index in [4.69, 9.17) is 18.7 Å². The van der Waals surface area contributed by atoms with E-state index in [9.17, 15) is 4.79 Å². The molecule has 1 N–H and O–H groups in total. The van der Waals surface area contributed by atoms with Crippen molar-refractivity contribution in [3.05, 3.63) is 52.3 Å². The van der Waals surface area contributed by atoms with Crippen molar-refractivity contribution in [1.82, 2.24) is 15.4 Å². The summed E-state index contributed by atoms with van der Waals surface area (Å²) in [7, 11) is 0. The van der Waals surface area contributed by atoms with E-state index in [1.54, 1.807) is 17.4 Å². The lowest BCUT2D eigenvalue weighted by atomic mass is 10.1. The van der Waals surface area contributed by atoms with Crippen LogP contribution in [-0.4, -0.2) is 62.0 Å². The topological polar surface area (TPSA) is 86.1 Å². The molecule has 2 aliphatic heterocycles. The molecule has 162 valence electrons. The highest BCUT2D eigenvalue weighted by molar-refractivity contribution is 7.10. The highest BCUT2D eigenvalue weighted by atomic mass is 32.1. The lowest BCUT2D eigenvalue weighted by molar-refractivity contribution is 0.0169. The number of fused-ring (bicyclic) bond motifs is 1. The molecule has 1 atom stereocenters. The first-order chi connectivity index (χ1) is 15.3. The maximum absolute atomic E-state index is 12.8. The predicted molar refractivity (Wildman–Crippen MR) is 115 cm³/mol. The Balaban J connectivity index is 1.27. The Hall–Kier alpha value is -2.88. The Bertz CT molecular complexity index is 1030. The summed E-state index contributed by atoms with van der Waals surface area (Å²) >= 11 is 1.69. The van der Waals surface area contributed by atoms with Crippen molar-refractivity contribution >= 4 is 17.2 Å². The van der Waals surface area contributed by atoms with Crippen LogP contribution in [0.15, 0.2) is 46.3 Å². The zero-order valence-electron chi connectivity index (χ0n) is 16.9. The molecule has 9 heteroatoms. The Morgan fingerprint density at radius 1 is 1.10 bits per heavy atom. The molecule has 8 nitrogen and oxygen atoms in total. The van der Waals surface area contributed by atoms with Crippen molar-refractivity contribution in [2.75, 3.05) is 46.1 Å². The molecule has 2 aliphatic rings. The van der Waals surface area contributed by atoms with E-state index in [1.807, 2.05) is 24.3 Å². The lowest BCUT2D eigenvalue weighted by Gasteiger charge is -2.34. The van der Waals surface area contributed by atoms with Crippen molar-refractivity contribution in [3.8, 4) is 22.8 Å². The van der Waals surface area contributed by atoms with Crippen LogP contribution in [0.1, 0.15) is 21.4 Å². The second-order valence-electron chi connectivity index (χ2n) is 7.32. The molecule has 0 bridgehead atoms. The summed E-state index contributed by atoms with van der Waals surface area (Å²) in [6, 6.07) is 11.4. The first kappa shape index (κ1) is 20.0. The highest BCUT2D eigenvalue weighted by Gasteiger charge is 2.25. The van der Waals surface area contributed by atoms with E-state index in [2.05, 4.69) is 26.8 Å². The number of aromatic nitrogens is 1. The smallest absolute Gasteiger partial charge is 0.273 e. The fraction of sp³-hybridized carbons (Fsp3) is 0.364. The number of carbonyl (C=O) groups is 1. The van der Waals surface area contributed by atoms with Crippen LogP contribution >= 0.6 is 11.3 Å². The van der Waals surface area contributed by atoms with E-state index < -0.39 is 0 Å². The Labute approximate surface area is 183 Å². The SMILES string of the molecule is O=C(NCC(c1cccs1)N1CCOCC1)c1cc(-c2ccc3c(c2)OCCO3)on1. The number of morpholine rings is 1. The summed E-state index contributed by atoms with van der Waals surface area (Å²) in [6.45, 7) is 4.64. The van der Waals surface area contributed by atoms with Gasteiger partial charge in [0.05, 0.1) is 19.3 Å². The molecule has 5 rings (SSSR count). The van der Waals surface area contributed by atoms with Gasteiger partial charge in [-0.2, -0.15) is 0 Å². The molecule has 0 saturated carbocycles. The number of rotatable bonds is 6. The van der Waals surface area contributed by atoms with E-state index in [-0.39, 0.29) is 17.6 Å². The van der Waals surface area contributed by atoms with E-state index in [0.29, 0.717) is 50.2 Å². The Morgan fingerprint density at radius 3 is 2.74 bits per heavy atom. The number of amides is 1. The molecule has 0 radical (unpaired) electrons. The summed E-state index contributed by atoms with van der Waals surface area (Å²) in [5, 5.41) is 9.04. The van der Waals surface area contributed by atoms with Crippen molar-refractivity contribution in [2.24, 2.45) is 0 Å². The monoisotopic (exact) mass is 441 g/mol. The summed E-state index contributed by atoms with van der Waals surface area (Å²) in [6.07, 6.45) is 0. The third-order valence-electron chi connectivity index (χ3n) is 5.38. The maximum Gasteiger partial charge on any atom is 0.273 e. The normalized spacial score (nSPS) is 17.3. The molecule has 0 aliphatic carbocycles. The summed E-state index contributed by atoms with van der Waals surface area (Å²) in [5.74, 6) is 1.61. The molecule has 4 heterocycles. The van der Waals surface area contributed by atoms with Crippen LogP contribution in [0.5, 0.6) is 11.5 Å². The molecule has 1 saturated heterocycles. The minimum atomic E-state index is -0.262. The van der Waals surface area contributed by atoms with Crippen molar-refractivity contribution < 1.29 is 23.5 Å². The molecule has 3 aromatic rings. The number of benzene rings is 1. The van der Waals surface area contributed by atoms with Crippen LogP contribution in [0.25, 0.3) is 11.3 Å². The van der Waals surface area contributed by atoms with Gasteiger partial charge in [0.15, 0.2) is 23.0 Å². The number of thiophene rings is 1. The predicted octanol–water partition coefficient (Wildman–Crippen LogP) is 2.98. The number of nitrogens with zero attached hydrogens (tertiary/aromatic N) is 2. The van der Waals surface area contributed by atoms with Crippen LogP contribution in [0, 0.1) is 0 Å². The molecule has 1 fully saturated rings. The summed E-state index contributed by atoms with van der Waals surface area (Å²) < 4.78 is 22.1. The fourth-order valence-electron chi connectivity index (χ4n) is 3.77. The fourth-order valence-corrected chi connectivity index (χ4v) is 4.64.